The molecule has 9 heteroatoms. The molecule has 0 fully saturated rings. The summed E-state index contributed by atoms with van der Waals surface area (Å²) >= 11 is 0. The number of amides is 1. The number of rotatable bonds is 10. The van der Waals surface area contributed by atoms with Gasteiger partial charge >= 0.3 is 0 Å². The number of carbonyl (C=O) groups is 1. The average Bonchev–Trinajstić information content (AvgIpc) is 2.63. The molecule has 0 aliphatic heterocycles. The fraction of sp³-hybridized carbons (Fsp3) is 0.278. The fourth-order valence-corrected chi connectivity index (χ4v) is 2.99. The SMILES string of the molecule is COc1cccc(CNCCc2ccc(S(N)(=O)=O)cc2)c1OCC(N)=O. The number of methoxy groups -OCH3 is 1. The van der Waals surface area contributed by atoms with Gasteiger partial charge < -0.3 is 20.5 Å². The third-order valence-electron chi connectivity index (χ3n) is 3.80. The van der Waals surface area contributed by atoms with E-state index in [0.29, 0.717) is 31.0 Å². The zero-order valence-electron chi connectivity index (χ0n) is 15.0. The number of carbonyl (C=O) groups excluding carboxylic acids is 1. The van der Waals surface area contributed by atoms with Crippen molar-refractivity contribution in [3.63, 3.8) is 0 Å². The number of hydrogen-bond acceptors (Lipinski definition) is 6. The second kappa shape index (κ2) is 9.36. The monoisotopic (exact) mass is 393 g/mol. The van der Waals surface area contributed by atoms with Crippen LogP contribution in [0.1, 0.15) is 11.1 Å². The van der Waals surface area contributed by atoms with E-state index in [-0.39, 0.29) is 11.5 Å². The molecule has 0 aromatic heterocycles. The minimum Gasteiger partial charge on any atom is -0.493 e. The molecule has 146 valence electrons. The van der Waals surface area contributed by atoms with Crippen LogP contribution in [-0.2, 0) is 27.8 Å². The highest BCUT2D eigenvalue weighted by atomic mass is 32.2. The van der Waals surface area contributed by atoms with Gasteiger partial charge in [-0.3, -0.25) is 4.79 Å². The Morgan fingerprint density at radius 2 is 1.85 bits per heavy atom. The van der Waals surface area contributed by atoms with E-state index in [4.69, 9.17) is 20.3 Å². The third-order valence-corrected chi connectivity index (χ3v) is 4.73. The Hall–Kier alpha value is -2.62. The largest absolute Gasteiger partial charge is 0.493 e. The molecule has 5 N–H and O–H groups in total. The van der Waals surface area contributed by atoms with Gasteiger partial charge in [-0.15, -0.1) is 0 Å². The Kier molecular flexibility index (Phi) is 7.17. The second-order valence-electron chi connectivity index (χ2n) is 5.82. The van der Waals surface area contributed by atoms with Crippen molar-refractivity contribution in [3.8, 4) is 11.5 Å². The maximum atomic E-state index is 11.3. The number of primary sulfonamides is 1. The van der Waals surface area contributed by atoms with E-state index in [9.17, 15) is 13.2 Å². The van der Waals surface area contributed by atoms with Crippen LogP contribution >= 0.6 is 0 Å². The normalized spacial score (nSPS) is 11.2. The Morgan fingerprint density at radius 1 is 1.15 bits per heavy atom. The van der Waals surface area contributed by atoms with Gasteiger partial charge in [0.1, 0.15) is 0 Å². The molecule has 0 atom stereocenters. The molecule has 0 saturated heterocycles. The van der Waals surface area contributed by atoms with Crippen LogP contribution in [0.15, 0.2) is 47.4 Å². The summed E-state index contributed by atoms with van der Waals surface area (Å²) in [7, 11) is -2.16. The summed E-state index contributed by atoms with van der Waals surface area (Å²) in [4.78, 5) is 11.1. The number of nitrogens with one attached hydrogen (secondary N) is 1. The van der Waals surface area contributed by atoms with Crippen molar-refractivity contribution in [3.05, 3.63) is 53.6 Å². The molecule has 2 aromatic rings. The highest BCUT2D eigenvalue weighted by molar-refractivity contribution is 7.89. The zero-order chi connectivity index (χ0) is 19.9. The summed E-state index contributed by atoms with van der Waals surface area (Å²) in [5.74, 6) is 0.431. The smallest absolute Gasteiger partial charge is 0.255 e. The molecule has 1 amide bonds. The number of ether oxygens (including phenoxy) is 2. The molecule has 0 radical (unpaired) electrons. The third kappa shape index (κ3) is 6.24. The first kappa shape index (κ1) is 20.7. The first-order valence-corrected chi connectivity index (χ1v) is 9.75. The Balaban J connectivity index is 1.94. The lowest BCUT2D eigenvalue weighted by Gasteiger charge is -2.14. The number of primary amides is 1. The summed E-state index contributed by atoms with van der Waals surface area (Å²) in [5, 5.41) is 8.36. The van der Waals surface area contributed by atoms with Crippen LogP contribution in [0, 0.1) is 0 Å². The quantitative estimate of drug-likeness (QED) is 0.505. The Bertz CT molecular complexity index is 882. The van der Waals surface area contributed by atoms with Gasteiger partial charge in [0.2, 0.25) is 10.0 Å². The van der Waals surface area contributed by atoms with Crippen molar-refractivity contribution in [2.45, 2.75) is 17.9 Å². The van der Waals surface area contributed by atoms with Crippen LogP contribution < -0.4 is 25.7 Å². The molecule has 0 saturated carbocycles. The van der Waals surface area contributed by atoms with Crippen LogP contribution in [0.5, 0.6) is 11.5 Å². The van der Waals surface area contributed by atoms with Gasteiger partial charge in [0.25, 0.3) is 5.91 Å². The Morgan fingerprint density at radius 3 is 2.44 bits per heavy atom. The van der Waals surface area contributed by atoms with Crippen LogP contribution in [-0.4, -0.2) is 34.6 Å². The van der Waals surface area contributed by atoms with Crippen molar-refractivity contribution in [2.24, 2.45) is 10.9 Å². The second-order valence-corrected chi connectivity index (χ2v) is 7.38. The van der Waals surface area contributed by atoms with E-state index in [1.807, 2.05) is 12.1 Å². The predicted octanol–water partition coefficient (Wildman–Crippen LogP) is 0.539. The van der Waals surface area contributed by atoms with Crippen LogP contribution in [0.4, 0.5) is 0 Å². The van der Waals surface area contributed by atoms with Crippen molar-refractivity contribution in [2.75, 3.05) is 20.3 Å². The number of benzene rings is 2. The van der Waals surface area contributed by atoms with E-state index in [0.717, 1.165) is 11.1 Å². The maximum absolute atomic E-state index is 11.3. The van der Waals surface area contributed by atoms with Gasteiger partial charge in [-0.25, -0.2) is 13.6 Å². The first-order valence-electron chi connectivity index (χ1n) is 8.20. The van der Waals surface area contributed by atoms with Crippen LogP contribution in [0.3, 0.4) is 0 Å². The topological polar surface area (TPSA) is 134 Å². The van der Waals surface area contributed by atoms with Gasteiger partial charge in [0, 0.05) is 12.1 Å². The summed E-state index contributed by atoms with van der Waals surface area (Å²) < 4.78 is 33.3. The number of sulfonamides is 1. The van der Waals surface area contributed by atoms with Crippen molar-refractivity contribution < 1.29 is 22.7 Å². The first-order chi connectivity index (χ1) is 12.8. The van der Waals surface area contributed by atoms with Gasteiger partial charge in [-0.1, -0.05) is 24.3 Å². The van der Waals surface area contributed by atoms with Crippen molar-refractivity contribution in [1.82, 2.24) is 5.32 Å². The van der Waals surface area contributed by atoms with E-state index in [2.05, 4.69) is 5.32 Å². The van der Waals surface area contributed by atoms with E-state index < -0.39 is 15.9 Å². The summed E-state index contributed by atoms with van der Waals surface area (Å²) in [6.45, 7) is 0.922. The molecule has 8 nitrogen and oxygen atoms in total. The molecular formula is C18H23N3O5S. The van der Waals surface area contributed by atoms with Crippen LogP contribution in [0.25, 0.3) is 0 Å². The zero-order valence-corrected chi connectivity index (χ0v) is 15.8. The van der Waals surface area contributed by atoms with Gasteiger partial charge in [0.15, 0.2) is 18.1 Å². The molecule has 2 aromatic carbocycles. The van der Waals surface area contributed by atoms with E-state index in [1.165, 1.54) is 19.2 Å². The van der Waals surface area contributed by atoms with Crippen molar-refractivity contribution in [1.29, 1.82) is 0 Å². The molecule has 0 spiro atoms. The predicted molar refractivity (Wildman–Crippen MR) is 101 cm³/mol. The minimum absolute atomic E-state index is 0.0897. The maximum Gasteiger partial charge on any atom is 0.255 e. The summed E-state index contributed by atoms with van der Waals surface area (Å²) in [6, 6.07) is 11.9. The molecular weight excluding hydrogens is 370 g/mol. The van der Waals surface area contributed by atoms with E-state index in [1.54, 1.807) is 18.2 Å². The summed E-state index contributed by atoms with van der Waals surface area (Å²) in [6.07, 6.45) is 0.701. The molecule has 0 bridgehead atoms. The minimum atomic E-state index is -3.68. The fourth-order valence-electron chi connectivity index (χ4n) is 2.47. The number of nitrogens with two attached hydrogens (primary N) is 2. The summed E-state index contributed by atoms with van der Waals surface area (Å²) in [5.41, 5.74) is 6.95. The highest BCUT2D eigenvalue weighted by Crippen LogP contribution is 2.31. The van der Waals surface area contributed by atoms with E-state index >= 15 is 0 Å². The standard InChI is InChI=1S/C18H23N3O5S/c1-25-16-4-2-3-14(18(16)26-12-17(19)22)11-21-10-9-13-5-7-15(8-6-13)27(20,23)24/h2-8,21H,9-12H2,1H3,(H2,19,22)(H2,20,23,24). The molecule has 0 heterocycles. The van der Waals surface area contributed by atoms with Crippen molar-refractivity contribution >= 4 is 15.9 Å². The number of para-hydroxylation sites is 1. The molecule has 0 aliphatic carbocycles. The van der Waals surface area contributed by atoms with Gasteiger partial charge in [-0.05, 0) is 36.7 Å². The van der Waals surface area contributed by atoms with Crippen LogP contribution in [0.2, 0.25) is 0 Å². The average molecular weight is 393 g/mol. The lowest BCUT2D eigenvalue weighted by Crippen LogP contribution is -2.22. The lowest BCUT2D eigenvalue weighted by atomic mass is 10.1. The Labute approximate surface area is 158 Å². The molecule has 0 aliphatic rings. The van der Waals surface area contributed by atoms with Gasteiger partial charge in [0.05, 0.1) is 12.0 Å². The highest BCUT2D eigenvalue weighted by Gasteiger charge is 2.11. The van der Waals surface area contributed by atoms with Gasteiger partial charge in [-0.2, -0.15) is 0 Å². The molecule has 27 heavy (non-hydrogen) atoms. The molecule has 2 rings (SSSR count). The molecule has 0 unspecified atom stereocenters. The number of hydrogen-bond donors (Lipinski definition) is 3. The lowest BCUT2D eigenvalue weighted by molar-refractivity contribution is -0.119.